The Morgan fingerprint density at radius 3 is 2.41 bits per heavy atom. The van der Waals surface area contributed by atoms with Gasteiger partial charge >= 0.3 is 0 Å². The first-order valence-electron chi connectivity index (χ1n) is 5.27. The molecule has 0 fully saturated rings. The molecule has 1 aromatic rings. The summed E-state index contributed by atoms with van der Waals surface area (Å²) in [6.07, 6.45) is 1.16. The quantitative estimate of drug-likeness (QED) is 0.640. The van der Waals surface area contributed by atoms with Crippen LogP contribution in [-0.4, -0.2) is 17.7 Å². The van der Waals surface area contributed by atoms with Crippen molar-refractivity contribution in [1.29, 1.82) is 0 Å². The first-order valence-corrected chi connectivity index (χ1v) is 6.03. The molecule has 0 aliphatic carbocycles. The molecule has 17 heavy (non-hydrogen) atoms. The molecule has 0 aliphatic rings. The fourth-order valence-electron chi connectivity index (χ4n) is 1.31. The summed E-state index contributed by atoms with van der Waals surface area (Å²) in [6, 6.07) is 7.11. The molecule has 92 valence electrons. The molecule has 1 N–H and O–H groups in total. The van der Waals surface area contributed by atoms with Crippen molar-refractivity contribution in [2.45, 2.75) is 19.3 Å². The van der Waals surface area contributed by atoms with E-state index in [4.69, 9.17) is 23.2 Å². The zero-order valence-electron chi connectivity index (χ0n) is 9.21. The summed E-state index contributed by atoms with van der Waals surface area (Å²) in [5.41, 5.74) is 0.903. The summed E-state index contributed by atoms with van der Waals surface area (Å²) in [5.74, 6) is -0.0747. The largest absolute Gasteiger partial charge is 0.356 e. The van der Waals surface area contributed by atoms with Crippen LogP contribution in [-0.2, 0) is 16.0 Å². The van der Waals surface area contributed by atoms with Crippen molar-refractivity contribution in [1.82, 2.24) is 5.32 Å². The van der Waals surface area contributed by atoms with Gasteiger partial charge in [0.15, 0.2) is 0 Å². The second-order valence-corrected chi connectivity index (χ2v) is 4.47. The number of amides is 1. The minimum atomic E-state index is -0.378. The first-order chi connectivity index (χ1) is 8.08. The van der Waals surface area contributed by atoms with Crippen LogP contribution in [0.3, 0.4) is 0 Å². The maximum Gasteiger partial charge on any atom is 0.224 e. The fraction of sp³-hybridized carbons (Fsp3) is 0.333. The van der Waals surface area contributed by atoms with Crippen molar-refractivity contribution in [3.8, 4) is 0 Å². The Balaban J connectivity index is 2.25. The molecule has 0 aliphatic heterocycles. The average molecular weight is 274 g/mol. The van der Waals surface area contributed by atoms with Crippen molar-refractivity contribution >= 4 is 34.4 Å². The Kier molecular flexibility index (Phi) is 6.01. The van der Waals surface area contributed by atoms with Gasteiger partial charge in [-0.1, -0.05) is 23.7 Å². The molecule has 5 heteroatoms. The highest BCUT2D eigenvalue weighted by molar-refractivity contribution is 6.63. The number of halogens is 2. The van der Waals surface area contributed by atoms with E-state index >= 15 is 0 Å². The minimum absolute atomic E-state index is 0.0747. The molecule has 0 saturated carbocycles. The van der Waals surface area contributed by atoms with E-state index in [9.17, 15) is 9.59 Å². The van der Waals surface area contributed by atoms with Crippen molar-refractivity contribution in [2.75, 3.05) is 6.54 Å². The van der Waals surface area contributed by atoms with Crippen LogP contribution in [0.25, 0.3) is 0 Å². The molecule has 3 nitrogen and oxygen atoms in total. The van der Waals surface area contributed by atoms with Crippen LogP contribution in [0.5, 0.6) is 0 Å². The van der Waals surface area contributed by atoms with E-state index in [2.05, 4.69) is 5.32 Å². The van der Waals surface area contributed by atoms with Crippen LogP contribution in [0.4, 0.5) is 0 Å². The highest BCUT2D eigenvalue weighted by atomic mass is 35.5. The number of carbonyl (C=O) groups is 2. The van der Waals surface area contributed by atoms with Gasteiger partial charge in [-0.2, -0.15) is 0 Å². The average Bonchev–Trinajstić information content (AvgIpc) is 2.27. The zero-order valence-corrected chi connectivity index (χ0v) is 10.7. The number of carbonyl (C=O) groups excluding carboxylic acids is 2. The monoisotopic (exact) mass is 273 g/mol. The molecule has 0 heterocycles. The molecule has 0 spiro atoms. The van der Waals surface area contributed by atoms with Crippen molar-refractivity contribution < 1.29 is 9.59 Å². The summed E-state index contributed by atoms with van der Waals surface area (Å²) in [5, 5.41) is 2.99. The minimum Gasteiger partial charge on any atom is -0.356 e. The van der Waals surface area contributed by atoms with Crippen molar-refractivity contribution in [3.63, 3.8) is 0 Å². The standard InChI is InChI=1S/C12H13Cl2NO2/c13-10-5-3-9(4-6-10)8-12(17)15-7-1-2-11(14)16/h3-6H,1-2,7-8H2,(H,15,17). The van der Waals surface area contributed by atoms with E-state index in [1.165, 1.54) is 0 Å². The molecule has 1 amide bonds. The summed E-state index contributed by atoms with van der Waals surface area (Å²) < 4.78 is 0. The molecule has 1 rings (SSSR count). The van der Waals surface area contributed by atoms with Gasteiger partial charge in [0.1, 0.15) is 0 Å². The molecule has 0 atom stereocenters. The third kappa shape index (κ3) is 6.29. The van der Waals surface area contributed by atoms with Crippen molar-refractivity contribution in [3.05, 3.63) is 34.9 Å². The molecular weight excluding hydrogens is 261 g/mol. The highest BCUT2D eigenvalue weighted by Gasteiger charge is 2.03. The van der Waals surface area contributed by atoms with E-state index in [1.807, 2.05) is 12.1 Å². The maximum atomic E-state index is 11.5. The second kappa shape index (κ2) is 7.30. The van der Waals surface area contributed by atoms with Gasteiger partial charge in [0.05, 0.1) is 6.42 Å². The molecule has 0 aromatic heterocycles. The molecule has 0 bridgehead atoms. The Labute approximate surface area is 110 Å². The van der Waals surface area contributed by atoms with E-state index in [0.29, 0.717) is 24.4 Å². The number of nitrogens with one attached hydrogen (secondary N) is 1. The molecule has 0 saturated heterocycles. The number of benzene rings is 1. The van der Waals surface area contributed by atoms with Gasteiger partial charge in [0.25, 0.3) is 0 Å². The molecule has 0 unspecified atom stereocenters. The zero-order chi connectivity index (χ0) is 12.7. The normalized spacial score (nSPS) is 10.0. The van der Waals surface area contributed by atoms with Gasteiger partial charge < -0.3 is 5.32 Å². The van der Waals surface area contributed by atoms with E-state index in [-0.39, 0.29) is 17.6 Å². The van der Waals surface area contributed by atoms with Gasteiger partial charge in [-0.3, -0.25) is 9.59 Å². The van der Waals surface area contributed by atoms with Crippen LogP contribution >= 0.6 is 23.2 Å². The topological polar surface area (TPSA) is 46.2 Å². The lowest BCUT2D eigenvalue weighted by molar-refractivity contribution is -0.120. The van der Waals surface area contributed by atoms with Crippen LogP contribution in [0, 0.1) is 0 Å². The van der Waals surface area contributed by atoms with Crippen LogP contribution < -0.4 is 5.32 Å². The van der Waals surface area contributed by atoms with Gasteiger partial charge in [0.2, 0.25) is 11.1 Å². The van der Waals surface area contributed by atoms with E-state index in [0.717, 1.165) is 5.56 Å². The summed E-state index contributed by atoms with van der Waals surface area (Å²) in [6.45, 7) is 0.463. The fourth-order valence-corrected chi connectivity index (χ4v) is 1.56. The SMILES string of the molecule is O=C(Cl)CCCNC(=O)Cc1ccc(Cl)cc1. The third-order valence-corrected chi connectivity index (χ3v) is 2.59. The lowest BCUT2D eigenvalue weighted by atomic mass is 10.1. The highest BCUT2D eigenvalue weighted by Crippen LogP contribution is 2.09. The van der Waals surface area contributed by atoms with E-state index < -0.39 is 0 Å². The number of rotatable bonds is 6. The van der Waals surface area contributed by atoms with Crippen LogP contribution in [0.1, 0.15) is 18.4 Å². The maximum absolute atomic E-state index is 11.5. The Hall–Kier alpha value is -1.06. The Morgan fingerprint density at radius 2 is 1.82 bits per heavy atom. The third-order valence-electron chi connectivity index (χ3n) is 2.15. The molecular formula is C12H13Cl2NO2. The van der Waals surface area contributed by atoms with Gasteiger partial charge in [-0.25, -0.2) is 0 Å². The molecule has 0 radical (unpaired) electrons. The second-order valence-electron chi connectivity index (χ2n) is 3.61. The first kappa shape index (κ1) is 14.0. The predicted octanol–water partition coefficient (Wildman–Crippen LogP) is 2.54. The van der Waals surface area contributed by atoms with E-state index in [1.54, 1.807) is 12.1 Å². The Bertz CT molecular complexity index is 390. The molecule has 1 aromatic carbocycles. The van der Waals surface area contributed by atoms with Crippen LogP contribution in [0.2, 0.25) is 5.02 Å². The smallest absolute Gasteiger partial charge is 0.224 e. The lowest BCUT2D eigenvalue weighted by Gasteiger charge is -2.04. The number of hydrogen-bond acceptors (Lipinski definition) is 2. The number of hydrogen-bond donors (Lipinski definition) is 1. The van der Waals surface area contributed by atoms with Crippen LogP contribution in [0.15, 0.2) is 24.3 Å². The lowest BCUT2D eigenvalue weighted by Crippen LogP contribution is -2.26. The van der Waals surface area contributed by atoms with Gasteiger partial charge in [-0.05, 0) is 35.7 Å². The van der Waals surface area contributed by atoms with Gasteiger partial charge in [-0.15, -0.1) is 0 Å². The van der Waals surface area contributed by atoms with Gasteiger partial charge in [0, 0.05) is 18.0 Å². The van der Waals surface area contributed by atoms with Crippen molar-refractivity contribution in [2.24, 2.45) is 0 Å². The summed E-state index contributed by atoms with van der Waals surface area (Å²) in [4.78, 5) is 21.9. The summed E-state index contributed by atoms with van der Waals surface area (Å²) >= 11 is 10.9. The predicted molar refractivity (Wildman–Crippen MR) is 68.3 cm³/mol. The Morgan fingerprint density at radius 1 is 1.18 bits per heavy atom. The summed E-state index contributed by atoms with van der Waals surface area (Å²) in [7, 11) is 0.